The molecule has 0 saturated carbocycles. The van der Waals surface area contributed by atoms with Gasteiger partial charge < -0.3 is 15.2 Å². The lowest BCUT2D eigenvalue weighted by Crippen LogP contribution is -2.28. The first-order chi connectivity index (χ1) is 15.3. The minimum Gasteiger partial charge on any atom is -0.342 e. The van der Waals surface area contributed by atoms with E-state index in [2.05, 4.69) is 20.8 Å². The van der Waals surface area contributed by atoms with Crippen LogP contribution < -0.4 is 10.6 Å². The summed E-state index contributed by atoms with van der Waals surface area (Å²) in [5.41, 5.74) is 0.940. The van der Waals surface area contributed by atoms with Gasteiger partial charge in [0.15, 0.2) is 11.0 Å². The first kappa shape index (κ1) is 24.4. The third-order valence-corrected chi connectivity index (χ3v) is 6.49. The summed E-state index contributed by atoms with van der Waals surface area (Å²) in [7, 11) is 0. The van der Waals surface area contributed by atoms with Crippen molar-refractivity contribution in [2.24, 2.45) is 0 Å². The molecule has 0 saturated heterocycles. The van der Waals surface area contributed by atoms with Crippen molar-refractivity contribution >= 4 is 64.1 Å². The van der Waals surface area contributed by atoms with Gasteiger partial charge in [-0.2, -0.15) is 0 Å². The van der Waals surface area contributed by atoms with Gasteiger partial charge in [0.2, 0.25) is 5.91 Å². The molecule has 0 bridgehead atoms. The Balaban J connectivity index is 1.64. The minimum absolute atomic E-state index is 0.132. The molecule has 3 aromatic rings. The van der Waals surface area contributed by atoms with E-state index in [4.69, 9.17) is 34.8 Å². The van der Waals surface area contributed by atoms with Gasteiger partial charge in [0.25, 0.3) is 5.91 Å². The van der Waals surface area contributed by atoms with Gasteiger partial charge >= 0.3 is 0 Å². The summed E-state index contributed by atoms with van der Waals surface area (Å²) < 4.78 is 1.85. The van der Waals surface area contributed by atoms with Crippen molar-refractivity contribution in [3.8, 4) is 0 Å². The van der Waals surface area contributed by atoms with E-state index in [1.807, 2.05) is 18.4 Å². The van der Waals surface area contributed by atoms with Crippen molar-refractivity contribution in [1.82, 2.24) is 20.1 Å². The topological polar surface area (TPSA) is 88.9 Å². The van der Waals surface area contributed by atoms with Crippen LogP contribution in [-0.2, 0) is 11.3 Å². The van der Waals surface area contributed by atoms with E-state index in [0.29, 0.717) is 43.8 Å². The van der Waals surface area contributed by atoms with Crippen LogP contribution in [0.4, 0.5) is 5.69 Å². The van der Waals surface area contributed by atoms with Crippen molar-refractivity contribution in [1.29, 1.82) is 0 Å². The number of aromatic nitrogens is 3. The van der Waals surface area contributed by atoms with Gasteiger partial charge in [-0.3, -0.25) is 9.59 Å². The summed E-state index contributed by atoms with van der Waals surface area (Å²) in [4.78, 5) is 24.9. The van der Waals surface area contributed by atoms with Crippen LogP contribution >= 0.6 is 46.6 Å². The standard InChI is InChI=1S/C21H20Cl3N5O2S/c1-3-29-19(12(2)25-20(31)13-8-9-14(22)16(24)10-13)27-28-21(29)32-11-18(30)26-17-7-5-4-6-15(17)23/h4-10,12H,3,11H2,1-2H3,(H,25,31)(H,26,30)/t12-/m0/s1. The van der Waals surface area contributed by atoms with Gasteiger partial charge in [0.05, 0.1) is 32.5 Å². The molecule has 2 amide bonds. The molecule has 2 N–H and O–H groups in total. The van der Waals surface area contributed by atoms with E-state index >= 15 is 0 Å². The highest BCUT2D eigenvalue weighted by atomic mass is 35.5. The average molecular weight is 513 g/mol. The maximum Gasteiger partial charge on any atom is 0.251 e. The number of halogens is 3. The van der Waals surface area contributed by atoms with Crippen molar-refractivity contribution in [2.45, 2.75) is 31.6 Å². The largest absolute Gasteiger partial charge is 0.342 e. The Morgan fingerprint density at radius 1 is 1.06 bits per heavy atom. The van der Waals surface area contributed by atoms with Crippen LogP contribution in [0, 0.1) is 0 Å². The van der Waals surface area contributed by atoms with Gasteiger partial charge in [-0.05, 0) is 44.2 Å². The predicted octanol–water partition coefficient (Wildman–Crippen LogP) is 5.48. The monoisotopic (exact) mass is 511 g/mol. The summed E-state index contributed by atoms with van der Waals surface area (Å²) in [6.45, 7) is 4.32. The Bertz CT molecular complexity index is 1140. The molecule has 1 heterocycles. The van der Waals surface area contributed by atoms with Crippen LogP contribution in [0.1, 0.15) is 36.1 Å². The SMILES string of the molecule is CCn1c(SCC(=O)Nc2ccccc2Cl)nnc1[C@H](C)NC(=O)c1ccc(Cl)c(Cl)c1. The fourth-order valence-electron chi connectivity index (χ4n) is 2.89. The number of hydrogen-bond donors (Lipinski definition) is 2. The molecule has 0 unspecified atom stereocenters. The molecule has 2 aromatic carbocycles. The lowest BCUT2D eigenvalue weighted by atomic mass is 10.2. The number of rotatable bonds is 8. The molecule has 0 spiro atoms. The molecule has 3 rings (SSSR count). The summed E-state index contributed by atoms with van der Waals surface area (Å²) in [5, 5.41) is 15.8. The Morgan fingerprint density at radius 2 is 1.81 bits per heavy atom. The van der Waals surface area contributed by atoms with Gasteiger partial charge in [0, 0.05) is 12.1 Å². The van der Waals surface area contributed by atoms with E-state index in [1.165, 1.54) is 17.8 Å². The number of carbonyl (C=O) groups is 2. The molecule has 0 radical (unpaired) electrons. The molecule has 0 aliphatic carbocycles. The number of para-hydroxylation sites is 1. The molecule has 32 heavy (non-hydrogen) atoms. The van der Waals surface area contributed by atoms with Gasteiger partial charge in [-0.1, -0.05) is 58.7 Å². The van der Waals surface area contributed by atoms with E-state index in [9.17, 15) is 9.59 Å². The number of anilines is 1. The van der Waals surface area contributed by atoms with Crippen LogP contribution in [0.5, 0.6) is 0 Å². The fourth-order valence-corrected chi connectivity index (χ4v) is 4.18. The molecule has 168 valence electrons. The summed E-state index contributed by atoms with van der Waals surface area (Å²) in [6, 6.07) is 11.3. The zero-order valence-corrected chi connectivity index (χ0v) is 20.3. The van der Waals surface area contributed by atoms with Crippen LogP contribution in [0.25, 0.3) is 0 Å². The van der Waals surface area contributed by atoms with E-state index < -0.39 is 6.04 Å². The lowest BCUT2D eigenvalue weighted by molar-refractivity contribution is -0.113. The number of hydrogen-bond acceptors (Lipinski definition) is 5. The van der Waals surface area contributed by atoms with Crippen LogP contribution in [0.2, 0.25) is 15.1 Å². The highest BCUT2D eigenvalue weighted by Crippen LogP contribution is 2.25. The third kappa shape index (κ3) is 5.95. The first-order valence-electron chi connectivity index (χ1n) is 9.66. The Labute approximate surface area is 204 Å². The van der Waals surface area contributed by atoms with Gasteiger partial charge in [-0.15, -0.1) is 10.2 Å². The number of carbonyl (C=O) groups excluding carboxylic acids is 2. The van der Waals surface area contributed by atoms with Crippen molar-refractivity contribution < 1.29 is 9.59 Å². The number of amides is 2. The highest BCUT2D eigenvalue weighted by molar-refractivity contribution is 7.99. The summed E-state index contributed by atoms with van der Waals surface area (Å²) >= 11 is 19.2. The number of nitrogens with zero attached hydrogens (tertiary/aromatic N) is 3. The van der Waals surface area contributed by atoms with Crippen LogP contribution in [0.15, 0.2) is 47.6 Å². The Morgan fingerprint density at radius 3 is 2.50 bits per heavy atom. The second-order valence-electron chi connectivity index (χ2n) is 6.73. The smallest absolute Gasteiger partial charge is 0.251 e. The number of nitrogens with one attached hydrogen (secondary N) is 2. The van der Waals surface area contributed by atoms with E-state index in [1.54, 1.807) is 36.4 Å². The van der Waals surface area contributed by atoms with Crippen LogP contribution in [-0.4, -0.2) is 32.3 Å². The predicted molar refractivity (Wildman–Crippen MR) is 129 cm³/mol. The molecule has 0 aliphatic heterocycles. The van der Waals surface area contributed by atoms with Gasteiger partial charge in [0.1, 0.15) is 0 Å². The Kier molecular flexibility index (Phi) is 8.42. The minimum atomic E-state index is -0.421. The zero-order valence-electron chi connectivity index (χ0n) is 17.2. The second-order valence-corrected chi connectivity index (χ2v) is 8.89. The normalized spacial score (nSPS) is 11.8. The average Bonchev–Trinajstić information content (AvgIpc) is 3.19. The fraction of sp³-hybridized carbons (Fsp3) is 0.238. The molecule has 11 heteroatoms. The number of thioether (sulfide) groups is 1. The molecular weight excluding hydrogens is 493 g/mol. The van der Waals surface area contributed by atoms with Crippen molar-refractivity contribution in [3.63, 3.8) is 0 Å². The number of benzene rings is 2. The summed E-state index contributed by atoms with van der Waals surface area (Å²) in [6.07, 6.45) is 0. The quantitative estimate of drug-likeness (QED) is 0.390. The molecule has 1 atom stereocenters. The first-order valence-corrected chi connectivity index (χ1v) is 11.8. The molecule has 1 aromatic heterocycles. The Hall–Kier alpha value is -2.26. The maximum absolute atomic E-state index is 12.6. The zero-order chi connectivity index (χ0) is 23.3. The van der Waals surface area contributed by atoms with Gasteiger partial charge in [-0.25, -0.2) is 0 Å². The molecule has 0 aliphatic rings. The van der Waals surface area contributed by atoms with Crippen molar-refractivity contribution in [2.75, 3.05) is 11.1 Å². The van der Waals surface area contributed by atoms with E-state index in [-0.39, 0.29) is 17.6 Å². The maximum atomic E-state index is 12.6. The van der Waals surface area contributed by atoms with Crippen LogP contribution in [0.3, 0.4) is 0 Å². The highest BCUT2D eigenvalue weighted by Gasteiger charge is 2.20. The van der Waals surface area contributed by atoms with Crippen molar-refractivity contribution in [3.05, 3.63) is 68.9 Å². The second kappa shape index (κ2) is 11.0. The third-order valence-electron chi connectivity index (χ3n) is 4.46. The molecule has 0 fully saturated rings. The lowest BCUT2D eigenvalue weighted by Gasteiger charge is -2.15. The van der Waals surface area contributed by atoms with E-state index in [0.717, 1.165) is 0 Å². The summed E-state index contributed by atoms with van der Waals surface area (Å²) in [5.74, 6) is 0.189. The molecular formula is C21H20Cl3N5O2S. The molecule has 7 nitrogen and oxygen atoms in total.